The second kappa shape index (κ2) is 9.54. The molecule has 0 spiro atoms. The zero-order chi connectivity index (χ0) is 20.7. The molecule has 8 nitrogen and oxygen atoms in total. The molecule has 0 saturated carbocycles. The van der Waals surface area contributed by atoms with Crippen LogP contribution >= 0.6 is 0 Å². The van der Waals surface area contributed by atoms with Crippen LogP contribution < -0.4 is 5.32 Å². The Balaban J connectivity index is 4.90. The number of esters is 2. The lowest BCUT2D eigenvalue weighted by molar-refractivity contribution is -0.214. The molecule has 1 atom stereocenters. The highest BCUT2D eigenvalue weighted by Crippen LogP contribution is 2.15. The van der Waals surface area contributed by atoms with Gasteiger partial charge in [-0.2, -0.15) is 0 Å². The van der Waals surface area contributed by atoms with E-state index in [0.717, 1.165) is 0 Å². The van der Waals surface area contributed by atoms with Gasteiger partial charge in [0.15, 0.2) is 5.78 Å². The zero-order valence-electron chi connectivity index (χ0n) is 16.9. The number of rotatable bonds is 8. The fourth-order valence-electron chi connectivity index (χ4n) is 2.13. The predicted octanol–water partition coefficient (Wildman–Crippen LogP) is 2.73. The van der Waals surface area contributed by atoms with E-state index in [4.69, 9.17) is 14.2 Å². The molecule has 0 unspecified atom stereocenters. The first kappa shape index (κ1) is 23.9. The number of hydrogen-bond acceptors (Lipinski definition) is 7. The maximum atomic E-state index is 12.4. The number of ketones is 1. The summed E-state index contributed by atoms with van der Waals surface area (Å²) >= 11 is 0. The first-order valence-electron chi connectivity index (χ1n) is 8.55. The lowest BCUT2D eigenvalue weighted by atomic mass is 9.99. The molecule has 150 valence electrons. The highest BCUT2D eigenvalue weighted by Gasteiger charge is 2.30. The Morgan fingerprint density at radius 3 is 1.88 bits per heavy atom. The SMILES string of the molecule is CC(=O)OC(C)(C)OC(=O)CC(=O)[C@H](CC(C)C)NC(=O)OC(C)(C)C. The third-order valence-corrected chi connectivity index (χ3v) is 2.85. The predicted molar refractivity (Wildman–Crippen MR) is 94.2 cm³/mol. The third-order valence-electron chi connectivity index (χ3n) is 2.85. The monoisotopic (exact) mass is 373 g/mol. The fraction of sp³-hybridized carbons (Fsp3) is 0.778. The first-order chi connectivity index (χ1) is 11.6. The van der Waals surface area contributed by atoms with Crippen LogP contribution in [0.5, 0.6) is 0 Å². The summed E-state index contributed by atoms with van der Waals surface area (Å²) in [6.45, 7) is 12.9. The highest BCUT2D eigenvalue weighted by molar-refractivity contribution is 5.99. The minimum absolute atomic E-state index is 0.104. The summed E-state index contributed by atoms with van der Waals surface area (Å²) in [4.78, 5) is 47.3. The van der Waals surface area contributed by atoms with E-state index in [-0.39, 0.29) is 5.92 Å². The van der Waals surface area contributed by atoms with Crippen molar-refractivity contribution in [2.75, 3.05) is 0 Å². The summed E-state index contributed by atoms with van der Waals surface area (Å²) in [7, 11) is 0. The van der Waals surface area contributed by atoms with Crippen LogP contribution in [0.15, 0.2) is 0 Å². The van der Waals surface area contributed by atoms with Gasteiger partial charge in [-0.25, -0.2) is 4.79 Å². The van der Waals surface area contributed by atoms with Crippen LogP contribution in [0.3, 0.4) is 0 Å². The van der Waals surface area contributed by atoms with Crippen LogP contribution in [0, 0.1) is 5.92 Å². The molecule has 26 heavy (non-hydrogen) atoms. The van der Waals surface area contributed by atoms with Gasteiger partial charge in [0.25, 0.3) is 5.79 Å². The Hall–Kier alpha value is -2.12. The quantitative estimate of drug-likeness (QED) is 0.396. The minimum Gasteiger partial charge on any atom is -0.444 e. The topological polar surface area (TPSA) is 108 Å². The smallest absolute Gasteiger partial charge is 0.408 e. The molecule has 1 amide bonds. The van der Waals surface area contributed by atoms with Crippen molar-refractivity contribution < 1.29 is 33.4 Å². The van der Waals surface area contributed by atoms with E-state index in [1.165, 1.54) is 20.8 Å². The normalized spacial score (nSPS) is 13.0. The first-order valence-corrected chi connectivity index (χ1v) is 8.55. The van der Waals surface area contributed by atoms with Crippen molar-refractivity contribution in [1.29, 1.82) is 0 Å². The summed E-state index contributed by atoms with van der Waals surface area (Å²) in [5.41, 5.74) is -0.706. The number of carbonyl (C=O) groups is 4. The van der Waals surface area contributed by atoms with Crippen molar-refractivity contribution in [1.82, 2.24) is 5.32 Å². The standard InChI is InChI=1S/C18H31NO7/c1-11(2)9-13(19-16(23)26-17(4,5)6)14(21)10-15(22)25-18(7,8)24-12(3)20/h11,13H,9-10H2,1-8H3,(H,19,23)/t13-/m0/s1. The molecule has 0 fully saturated rings. The molecule has 8 heteroatoms. The average Bonchev–Trinajstić information content (AvgIpc) is 2.31. The van der Waals surface area contributed by atoms with Gasteiger partial charge in [-0.05, 0) is 33.1 Å². The number of nitrogens with one attached hydrogen (secondary N) is 1. The van der Waals surface area contributed by atoms with Crippen molar-refractivity contribution >= 4 is 23.8 Å². The summed E-state index contributed by atoms with van der Waals surface area (Å²) < 4.78 is 15.0. The largest absolute Gasteiger partial charge is 0.444 e. The van der Waals surface area contributed by atoms with Gasteiger partial charge < -0.3 is 19.5 Å². The molecule has 0 aromatic heterocycles. The van der Waals surface area contributed by atoms with Crippen LogP contribution in [0.1, 0.15) is 68.2 Å². The van der Waals surface area contributed by atoms with Gasteiger partial charge in [-0.15, -0.1) is 0 Å². The Morgan fingerprint density at radius 2 is 1.46 bits per heavy atom. The van der Waals surface area contributed by atoms with Gasteiger partial charge in [-0.3, -0.25) is 14.4 Å². The maximum Gasteiger partial charge on any atom is 0.408 e. The summed E-state index contributed by atoms with van der Waals surface area (Å²) in [6.07, 6.45) is -0.943. The molecule has 1 N–H and O–H groups in total. The molecule has 0 aromatic rings. The lowest BCUT2D eigenvalue weighted by Gasteiger charge is -2.25. The summed E-state index contributed by atoms with van der Waals surface area (Å²) in [5, 5.41) is 2.50. The van der Waals surface area contributed by atoms with Gasteiger partial charge >= 0.3 is 18.0 Å². The zero-order valence-corrected chi connectivity index (χ0v) is 16.9. The average molecular weight is 373 g/mol. The Bertz CT molecular complexity index is 532. The van der Waals surface area contributed by atoms with E-state index < -0.39 is 47.7 Å². The molecule has 0 rings (SSSR count). The fourth-order valence-corrected chi connectivity index (χ4v) is 2.13. The number of Topliss-reactive ketones (excluding diaryl/α,β-unsaturated/α-hetero) is 1. The Labute approximate surface area is 154 Å². The highest BCUT2D eigenvalue weighted by atomic mass is 16.7. The van der Waals surface area contributed by atoms with E-state index in [1.54, 1.807) is 20.8 Å². The van der Waals surface area contributed by atoms with Gasteiger partial charge in [0, 0.05) is 20.8 Å². The van der Waals surface area contributed by atoms with Crippen molar-refractivity contribution in [2.45, 2.75) is 85.7 Å². The molecule has 0 heterocycles. The third kappa shape index (κ3) is 11.4. The number of ether oxygens (including phenoxy) is 3. The number of amides is 1. The summed E-state index contributed by atoms with van der Waals surface area (Å²) in [5.74, 6) is -3.34. The summed E-state index contributed by atoms with van der Waals surface area (Å²) in [6, 6.07) is -0.880. The van der Waals surface area contributed by atoms with Gasteiger partial charge in [0.05, 0.1) is 6.04 Å². The van der Waals surface area contributed by atoms with E-state index >= 15 is 0 Å². The van der Waals surface area contributed by atoms with Crippen LogP contribution in [0.2, 0.25) is 0 Å². The second-order valence-corrected chi connectivity index (χ2v) is 7.94. The molecule has 0 radical (unpaired) electrons. The number of hydrogen-bond donors (Lipinski definition) is 1. The van der Waals surface area contributed by atoms with Gasteiger partial charge in [-0.1, -0.05) is 13.8 Å². The van der Waals surface area contributed by atoms with Crippen LogP contribution in [0.4, 0.5) is 4.79 Å². The van der Waals surface area contributed by atoms with Crippen molar-refractivity contribution in [3.63, 3.8) is 0 Å². The van der Waals surface area contributed by atoms with Crippen LogP contribution in [0.25, 0.3) is 0 Å². The second-order valence-electron chi connectivity index (χ2n) is 7.94. The van der Waals surface area contributed by atoms with E-state index in [1.807, 2.05) is 13.8 Å². The van der Waals surface area contributed by atoms with Crippen molar-refractivity contribution in [2.24, 2.45) is 5.92 Å². The molecular formula is C18H31NO7. The molecule has 0 aliphatic rings. The van der Waals surface area contributed by atoms with Gasteiger partial charge in [0.1, 0.15) is 12.0 Å². The Kier molecular flexibility index (Phi) is 8.76. The minimum atomic E-state index is -1.48. The van der Waals surface area contributed by atoms with E-state index in [0.29, 0.717) is 6.42 Å². The van der Waals surface area contributed by atoms with Crippen LogP contribution in [-0.4, -0.2) is 41.2 Å². The molecule has 0 saturated heterocycles. The Morgan fingerprint density at radius 1 is 0.923 bits per heavy atom. The molecule has 0 aliphatic carbocycles. The van der Waals surface area contributed by atoms with E-state index in [9.17, 15) is 19.2 Å². The number of carbonyl (C=O) groups excluding carboxylic acids is 4. The molecule has 0 bridgehead atoms. The molecule has 0 aliphatic heterocycles. The van der Waals surface area contributed by atoms with Crippen molar-refractivity contribution in [3.05, 3.63) is 0 Å². The van der Waals surface area contributed by atoms with Gasteiger partial charge in [0.2, 0.25) is 0 Å². The molecule has 0 aromatic carbocycles. The lowest BCUT2D eigenvalue weighted by Crippen LogP contribution is -2.45. The van der Waals surface area contributed by atoms with Crippen molar-refractivity contribution in [3.8, 4) is 0 Å². The maximum absolute atomic E-state index is 12.4. The van der Waals surface area contributed by atoms with Crippen LogP contribution in [-0.2, 0) is 28.6 Å². The molecular weight excluding hydrogens is 342 g/mol. The number of alkyl carbamates (subject to hydrolysis) is 1. The van der Waals surface area contributed by atoms with E-state index in [2.05, 4.69) is 5.32 Å².